The van der Waals surface area contributed by atoms with Crippen LogP contribution in [-0.2, 0) is 4.79 Å². The number of ether oxygens (including phenoxy) is 1. The van der Waals surface area contributed by atoms with Crippen LogP contribution < -0.4 is 10.1 Å². The van der Waals surface area contributed by atoms with Gasteiger partial charge in [0.15, 0.2) is 5.82 Å². The van der Waals surface area contributed by atoms with Crippen LogP contribution in [0.1, 0.15) is 31.9 Å². The van der Waals surface area contributed by atoms with Gasteiger partial charge in [-0.25, -0.2) is 4.52 Å². The summed E-state index contributed by atoms with van der Waals surface area (Å²) in [5.41, 5.74) is 3.99. The highest BCUT2D eigenvalue weighted by Gasteiger charge is 2.38. The molecule has 0 unspecified atom stereocenters. The van der Waals surface area contributed by atoms with Gasteiger partial charge in [-0.1, -0.05) is 0 Å². The molecule has 156 valence electrons. The zero-order valence-electron chi connectivity index (χ0n) is 17.7. The van der Waals surface area contributed by atoms with Crippen LogP contribution in [0.4, 0.5) is 5.82 Å². The van der Waals surface area contributed by atoms with Crippen LogP contribution in [0, 0.1) is 12.8 Å². The third kappa shape index (κ3) is 3.54. The molecule has 1 amide bonds. The molecule has 3 aromatic heterocycles. The average molecular weight is 406 g/mol. The van der Waals surface area contributed by atoms with Crippen molar-refractivity contribution in [2.24, 2.45) is 5.92 Å². The highest BCUT2D eigenvalue weighted by Crippen LogP contribution is 2.34. The number of aryl methyl sites for hydroxylation is 1. The van der Waals surface area contributed by atoms with E-state index in [1.54, 1.807) is 4.52 Å². The van der Waals surface area contributed by atoms with Crippen molar-refractivity contribution in [3.05, 3.63) is 42.4 Å². The Morgan fingerprint density at radius 1 is 1.33 bits per heavy atom. The first-order chi connectivity index (χ1) is 14.4. The molecule has 2 aliphatic rings. The summed E-state index contributed by atoms with van der Waals surface area (Å²) >= 11 is 0. The van der Waals surface area contributed by atoms with Crippen LogP contribution in [0.2, 0.25) is 0 Å². The summed E-state index contributed by atoms with van der Waals surface area (Å²) in [6, 6.07) is 8.05. The van der Waals surface area contributed by atoms with Crippen molar-refractivity contribution < 1.29 is 9.53 Å². The lowest BCUT2D eigenvalue weighted by atomic mass is 9.88. The third-order valence-electron chi connectivity index (χ3n) is 6.42. The minimum atomic E-state index is 0.0635. The predicted octanol–water partition coefficient (Wildman–Crippen LogP) is 3.53. The van der Waals surface area contributed by atoms with E-state index < -0.39 is 0 Å². The van der Waals surface area contributed by atoms with Crippen molar-refractivity contribution in [3.8, 4) is 16.9 Å². The maximum Gasteiger partial charge on any atom is 0.228 e. The summed E-state index contributed by atoms with van der Waals surface area (Å²) in [6.07, 6.45) is 6.81. The summed E-state index contributed by atoms with van der Waals surface area (Å²) in [5, 5.41) is 7.39. The second-order valence-corrected chi connectivity index (χ2v) is 8.86. The quantitative estimate of drug-likeness (QED) is 0.679. The maximum absolute atomic E-state index is 12.0. The Kier molecular flexibility index (Phi) is 4.50. The largest absolute Gasteiger partial charge is 0.489 e. The number of carbonyl (C=O) groups excluding carboxylic acids is 1. The molecule has 7 heteroatoms. The van der Waals surface area contributed by atoms with Gasteiger partial charge in [0, 0.05) is 36.0 Å². The molecule has 1 atom stereocenters. The maximum atomic E-state index is 12.0. The first kappa shape index (κ1) is 19.1. The lowest BCUT2D eigenvalue weighted by Gasteiger charge is -2.48. The van der Waals surface area contributed by atoms with Gasteiger partial charge in [-0.05, 0) is 63.9 Å². The number of anilines is 1. The minimum absolute atomic E-state index is 0.0635. The molecule has 0 aromatic carbocycles. The molecule has 1 N–H and O–H groups in total. The lowest BCUT2D eigenvalue weighted by Crippen LogP contribution is -2.59. The van der Waals surface area contributed by atoms with Gasteiger partial charge in [-0.15, -0.1) is 0 Å². The molecule has 7 nitrogen and oxygen atoms in total. The van der Waals surface area contributed by atoms with Crippen molar-refractivity contribution >= 4 is 17.2 Å². The van der Waals surface area contributed by atoms with Gasteiger partial charge in [0.1, 0.15) is 12.4 Å². The second kappa shape index (κ2) is 7.09. The van der Waals surface area contributed by atoms with Crippen molar-refractivity contribution in [2.45, 2.75) is 38.6 Å². The average Bonchev–Trinajstić information content (AvgIpc) is 3.51. The molecule has 0 spiro atoms. The summed E-state index contributed by atoms with van der Waals surface area (Å²) in [7, 11) is 2.13. The fourth-order valence-electron chi connectivity index (χ4n) is 3.82. The number of carbonyl (C=O) groups is 1. The third-order valence-corrected chi connectivity index (χ3v) is 6.42. The molecule has 5 rings (SSSR count). The van der Waals surface area contributed by atoms with Crippen LogP contribution in [-0.4, -0.2) is 51.1 Å². The van der Waals surface area contributed by atoms with Gasteiger partial charge in [-0.3, -0.25) is 14.7 Å². The summed E-state index contributed by atoms with van der Waals surface area (Å²) in [5.74, 6) is 1.59. The van der Waals surface area contributed by atoms with Gasteiger partial charge >= 0.3 is 0 Å². The van der Waals surface area contributed by atoms with Gasteiger partial charge in [-0.2, -0.15) is 5.10 Å². The van der Waals surface area contributed by atoms with E-state index in [9.17, 15) is 4.79 Å². The lowest BCUT2D eigenvalue weighted by molar-refractivity contribution is -0.117. The standard InChI is InChI=1S/C23H27N5O2/c1-15-10-19(20(13-24-15)30-14-23(2)7-9-27(23)3)17-6-8-28-18(11-17)12-21(26-28)25-22(29)16-4-5-16/h6,8,10-13,16H,4-5,7,9,14H2,1-3H3,(H,25,26,29)/t23-/m0/s1. The summed E-state index contributed by atoms with van der Waals surface area (Å²) < 4.78 is 8.03. The molecule has 0 radical (unpaired) electrons. The molecule has 1 saturated carbocycles. The Hall–Kier alpha value is -2.93. The highest BCUT2D eigenvalue weighted by molar-refractivity contribution is 5.93. The molecule has 2 fully saturated rings. The fourth-order valence-corrected chi connectivity index (χ4v) is 3.82. The Morgan fingerprint density at radius 3 is 2.87 bits per heavy atom. The number of nitrogens with one attached hydrogen (secondary N) is 1. The van der Waals surface area contributed by atoms with Gasteiger partial charge in [0.2, 0.25) is 5.91 Å². The van der Waals surface area contributed by atoms with E-state index in [2.05, 4.69) is 46.4 Å². The first-order valence-corrected chi connectivity index (χ1v) is 10.5. The van der Waals surface area contributed by atoms with Gasteiger partial charge < -0.3 is 10.1 Å². The molecule has 4 heterocycles. The number of likely N-dealkylation sites (N-methyl/N-ethyl adjacent to an activating group) is 1. The summed E-state index contributed by atoms with van der Waals surface area (Å²) in [4.78, 5) is 18.8. The van der Waals surface area contributed by atoms with E-state index in [-0.39, 0.29) is 17.4 Å². The number of aromatic nitrogens is 3. The van der Waals surface area contributed by atoms with E-state index in [0.717, 1.165) is 53.9 Å². The number of hydrogen-bond donors (Lipinski definition) is 1. The van der Waals surface area contributed by atoms with E-state index in [0.29, 0.717) is 12.4 Å². The zero-order valence-corrected chi connectivity index (χ0v) is 17.7. The normalized spacial score (nSPS) is 21.4. The molecule has 1 saturated heterocycles. The van der Waals surface area contributed by atoms with Crippen molar-refractivity contribution in [2.75, 3.05) is 25.5 Å². The molecular formula is C23H27N5O2. The second-order valence-electron chi connectivity index (χ2n) is 8.86. The van der Waals surface area contributed by atoms with E-state index in [1.165, 1.54) is 0 Å². The molecule has 1 aliphatic heterocycles. The number of rotatable bonds is 6. The Balaban J connectivity index is 1.42. The Morgan fingerprint density at radius 2 is 2.17 bits per heavy atom. The number of likely N-dealkylation sites (tertiary alicyclic amines) is 1. The smallest absolute Gasteiger partial charge is 0.228 e. The minimum Gasteiger partial charge on any atom is -0.489 e. The molecule has 0 bridgehead atoms. The Bertz CT molecular complexity index is 1120. The number of nitrogens with zero attached hydrogens (tertiary/aromatic N) is 4. The molecular weight excluding hydrogens is 378 g/mol. The molecule has 30 heavy (non-hydrogen) atoms. The monoisotopic (exact) mass is 405 g/mol. The van der Waals surface area contributed by atoms with Crippen molar-refractivity contribution in [1.29, 1.82) is 0 Å². The van der Waals surface area contributed by atoms with Crippen molar-refractivity contribution in [3.63, 3.8) is 0 Å². The predicted molar refractivity (Wildman–Crippen MR) is 116 cm³/mol. The zero-order chi connectivity index (χ0) is 20.9. The van der Waals surface area contributed by atoms with Crippen LogP contribution in [0.25, 0.3) is 16.6 Å². The molecule has 3 aromatic rings. The Labute approximate surface area is 176 Å². The van der Waals surface area contributed by atoms with Gasteiger partial charge in [0.05, 0.1) is 17.3 Å². The van der Waals surface area contributed by atoms with Crippen LogP contribution in [0.5, 0.6) is 5.75 Å². The van der Waals surface area contributed by atoms with Crippen LogP contribution in [0.15, 0.2) is 36.7 Å². The van der Waals surface area contributed by atoms with E-state index in [1.807, 2.05) is 31.5 Å². The number of fused-ring (bicyclic) bond motifs is 1. The van der Waals surface area contributed by atoms with Crippen LogP contribution >= 0.6 is 0 Å². The van der Waals surface area contributed by atoms with Crippen molar-refractivity contribution in [1.82, 2.24) is 19.5 Å². The molecule has 1 aliphatic carbocycles. The number of pyridine rings is 2. The topological polar surface area (TPSA) is 71.8 Å². The highest BCUT2D eigenvalue weighted by atomic mass is 16.5. The van der Waals surface area contributed by atoms with Gasteiger partial charge in [0.25, 0.3) is 0 Å². The SMILES string of the molecule is Cc1cc(-c2ccn3nc(NC(=O)C4CC4)cc3c2)c(OC[C@]2(C)CCN2C)cn1. The first-order valence-electron chi connectivity index (χ1n) is 10.5. The fraction of sp³-hybridized carbons (Fsp3) is 0.435. The number of hydrogen-bond acceptors (Lipinski definition) is 5. The summed E-state index contributed by atoms with van der Waals surface area (Å²) in [6.45, 7) is 5.95. The van der Waals surface area contributed by atoms with Crippen LogP contribution in [0.3, 0.4) is 0 Å². The van der Waals surface area contributed by atoms with E-state index >= 15 is 0 Å². The van der Waals surface area contributed by atoms with E-state index in [4.69, 9.17) is 4.74 Å². The number of amides is 1.